The number of hydrogen-bond donors (Lipinski definition) is 2. The molecule has 1 atom stereocenters. The lowest BCUT2D eigenvalue weighted by atomic mass is 9.75. The van der Waals surface area contributed by atoms with Crippen LogP contribution >= 0.6 is 0 Å². The summed E-state index contributed by atoms with van der Waals surface area (Å²) in [6.07, 6.45) is 0. The molecule has 2 aliphatic heterocycles. The van der Waals surface area contributed by atoms with Crippen molar-refractivity contribution in [1.29, 1.82) is 0 Å². The fraction of sp³-hybridized carbons (Fsp3) is 0.588. The molecule has 3 rings (SSSR count). The molecule has 2 saturated heterocycles. The van der Waals surface area contributed by atoms with E-state index in [1.165, 1.54) is 0 Å². The maximum Gasteiger partial charge on any atom is 0.197 e. The first-order valence-electron chi connectivity index (χ1n) is 8.20. The van der Waals surface area contributed by atoms with Crippen LogP contribution in [0.2, 0.25) is 0 Å². The Morgan fingerprint density at radius 2 is 2.08 bits per heavy atom. The SMILES string of the molecule is CC(C)(CN=C(N)Nc1cc(F)ccc1F)C1COCC12OCCO2. The highest BCUT2D eigenvalue weighted by Gasteiger charge is 2.55. The topological polar surface area (TPSA) is 78.1 Å². The molecule has 1 unspecified atom stereocenters. The Balaban J connectivity index is 1.68. The van der Waals surface area contributed by atoms with E-state index in [9.17, 15) is 8.78 Å². The molecule has 138 valence electrons. The summed E-state index contributed by atoms with van der Waals surface area (Å²) in [5.74, 6) is -1.88. The number of anilines is 1. The number of guanidine groups is 1. The summed E-state index contributed by atoms with van der Waals surface area (Å²) in [4.78, 5) is 4.29. The zero-order valence-electron chi connectivity index (χ0n) is 14.4. The molecule has 2 fully saturated rings. The molecule has 0 bridgehead atoms. The van der Waals surface area contributed by atoms with Crippen molar-refractivity contribution < 1.29 is 23.0 Å². The summed E-state index contributed by atoms with van der Waals surface area (Å²) >= 11 is 0. The van der Waals surface area contributed by atoms with Gasteiger partial charge < -0.3 is 25.3 Å². The van der Waals surface area contributed by atoms with Crippen LogP contribution in [0.15, 0.2) is 23.2 Å². The maximum atomic E-state index is 13.7. The van der Waals surface area contributed by atoms with E-state index in [1.807, 2.05) is 13.8 Å². The number of aliphatic imine (C=N–C) groups is 1. The number of rotatable bonds is 4. The second-order valence-corrected chi connectivity index (χ2v) is 7.02. The van der Waals surface area contributed by atoms with Crippen molar-refractivity contribution in [3.8, 4) is 0 Å². The monoisotopic (exact) mass is 355 g/mol. The third-order valence-electron chi connectivity index (χ3n) is 4.69. The summed E-state index contributed by atoms with van der Waals surface area (Å²) in [6, 6.07) is 3.10. The zero-order chi connectivity index (χ0) is 18.1. The van der Waals surface area contributed by atoms with Crippen LogP contribution in [0.1, 0.15) is 13.8 Å². The number of hydrogen-bond acceptors (Lipinski definition) is 4. The molecular weight excluding hydrogens is 332 g/mol. The molecule has 1 aromatic rings. The highest BCUT2D eigenvalue weighted by atomic mass is 19.1. The lowest BCUT2D eigenvalue weighted by molar-refractivity contribution is -0.196. The van der Waals surface area contributed by atoms with E-state index < -0.39 is 17.4 Å². The van der Waals surface area contributed by atoms with Gasteiger partial charge >= 0.3 is 0 Å². The first-order valence-corrected chi connectivity index (χ1v) is 8.20. The van der Waals surface area contributed by atoms with Gasteiger partial charge in [0.2, 0.25) is 0 Å². The number of halogens is 2. The number of ether oxygens (including phenoxy) is 3. The number of benzene rings is 1. The minimum absolute atomic E-state index is 0.00930. The van der Waals surface area contributed by atoms with E-state index in [1.54, 1.807) is 0 Å². The summed E-state index contributed by atoms with van der Waals surface area (Å²) < 4.78 is 44.0. The second kappa shape index (κ2) is 6.86. The van der Waals surface area contributed by atoms with E-state index in [4.69, 9.17) is 19.9 Å². The summed E-state index contributed by atoms with van der Waals surface area (Å²) in [5, 5.41) is 2.59. The van der Waals surface area contributed by atoms with Crippen molar-refractivity contribution >= 4 is 11.6 Å². The molecule has 6 nitrogen and oxygen atoms in total. The van der Waals surface area contributed by atoms with Crippen LogP contribution in [0.4, 0.5) is 14.5 Å². The third kappa shape index (κ3) is 3.75. The molecule has 0 aromatic heterocycles. The van der Waals surface area contributed by atoms with E-state index in [-0.39, 0.29) is 23.0 Å². The molecule has 3 N–H and O–H groups in total. The van der Waals surface area contributed by atoms with E-state index in [2.05, 4.69) is 10.3 Å². The Morgan fingerprint density at radius 1 is 1.36 bits per heavy atom. The van der Waals surface area contributed by atoms with Gasteiger partial charge in [0.05, 0.1) is 25.5 Å². The van der Waals surface area contributed by atoms with Gasteiger partial charge in [-0.15, -0.1) is 0 Å². The van der Waals surface area contributed by atoms with E-state index in [0.29, 0.717) is 33.0 Å². The van der Waals surface area contributed by atoms with Gasteiger partial charge in [-0.3, -0.25) is 4.99 Å². The highest BCUT2D eigenvalue weighted by Crippen LogP contribution is 2.44. The number of nitrogens with one attached hydrogen (secondary N) is 1. The Morgan fingerprint density at radius 3 is 2.80 bits per heavy atom. The van der Waals surface area contributed by atoms with Gasteiger partial charge in [0.1, 0.15) is 18.2 Å². The molecule has 0 saturated carbocycles. The predicted octanol–water partition coefficient (Wildman–Crippen LogP) is 2.11. The Bertz CT molecular complexity index is 655. The smallest absolute Gasteiger partial charge is 0.197 e. The van der Waals surface area contributed by atoms with Crippen molar-refractivity contribution in [2.75, 3.05) is 38.3 Å². The second-order valence-electron chi connectivity index (χ2n) is 7.02. The number of nitrogens with two attached hydrogens (primary N) is 1. The van der Waals surface area contributed by atoms with Gasteiger partial charge in [0.25, 0.3) is 0 Å². The fourth-order valence-electron chi connectivity index (χ4n) is 3.29. The largest absolute Gasteiger partial charge is 0.375 e. The Labute approximate surface area is 145 Å². The normalized spacial score (nSPS) is 23.4. The highest BCUT2D eigenvalue weighted by molar-refractivity contribution is 5.92. The first-order chi connectivity index (χ1) is 11.8. The van der Waals surface area contributed by atoms with Gasteiger partial charge in [-0.1, -0.05) is 13.8 Å². The summed E-state index contributed by atoms with van der Waals surface area (Å²) in [5.41, 5.74) is 5.45. The van der Waals surface area contributed by atoms with Crippen LogP contribution in [0, 0.1) is 23.0 Å². The third-order valence-corrected chi connectivity index (χ3v) is 4.69. The van der Waals surface area contributed by atoms with Crippen LogP contribution < -0.4 is 11.1 Å². The van der Waals surface area contributed by atoms with Crippen molar-refractivity contribution in [3.05, 3.63) is 29.8 Å². The molecule has 0 aliphatic carbocycles. The molecule has 1 spiro atoms. The van der Waals surface area contributed by atoms with Gasteiger partial charge in [0.15, 0.2) is 11.7 Å². The van der Waals surface area contributed by atoms with Crippen LogP contribution in [-0.4, -0.2) is 44.7 Å². The summed E-state index contributed by atoms with van der Waals surface area (Å²) in [7, 11) is 0. The average Bonchev–Trinajstić information content (AvgIpc) is 3.20. The molecule has 8 heteroatoms. The fourth-order valence-corrected chi connectivity index (χ4v) is 3.29. The quantitative estimate of drug-likeness (QED) is 0.639. The maximum absolute atomic E-state index is 13.7. The Kier molecular flexibility index (Phi) is 4.95. The molecule has 2 heterocycles. The predicted molar refractivity (Wildman–Crippen MR) is 89.2 cm³/mol. The minimum atomic E-state index is -0.726. The number of nitrogens with zero attached hydrogens (tertiary/aromatic N) is 1. The van der Waals surface area contributed by atoms with Crippen LogP contribution in [0.25, 0.3) is 0 Å². The van der Waals surface area contributed by atoms with Crippen LogP contribution in [0.5, 0.6) is 0 Å². The van der Waals surface area contributed by atoms with E-state index in [0.717, 1.165) is 18.2 Å². The first kappa shape index (κ1) is 18.0. The van der Waals surface area contributed by atoms with Crippen LogP contribution in [0.3, 0.4) is 0 Å². The average molecular weight is 355 g/mol. The van der Waals surface area contributed by atoms with Gasteiger partial charge in [-0.25, -0.2) is 8.78 Å². The summed E-state index contributed by atoms with van der Waals surface area (Å²) in [6.45, 7) is 6.40. The van der Waals surface area contributed by atoms with Crippen molar-refractivity contribution in [2.45, 2.75) is 19.6 Å². The standard InChI is InChI=1S/C17H23F2N3O3/c1-16(2,14-8-23-10-17(14)24-5-6-25-17)9-21-15(20)22-13-7-11(18)3-4-12(13)19/h3-4,7,14H,5-6,8-10H2,1-2H3,(H3,20,21,22). The van der Waals surface area contributed by atoms with Crippen molar-refractivity contribution in [2.24, 2.45) is 22.1 Å². The molecule has 0 radical (unpaired) electrons. The van der Waals surface area contributed by atoms with Crippen LogP contribution in [-0.2, 0) is 14.2 Å². The lowest BCUT2D eigenvalue weighted by Crippen LogP contribution is -2.47. The molecule has 0 amide bonds. The van der Waals surface area contributed by atoms with Gasteiger partial charge in [-0.05, 0) is 17.5 Å². The molecule has 2 aliphatic rings. The van der Waals surface area contributed by atoms with Gasteiger partial charge in [-0.2, -0.15) is 0 Å². The van der Waals surface area contributed by atoms with E-state index >= 15 is 0 Å². The van der Waals surface area contributed by atoms with Crippen molar-refractivity contribution in [1.82, 2.24) is 0 Å². The minimum Gasteiger partial charge on any atom is -0.375 e. The van der Waals surface area contributed by atoms with Crippen molar-refractivity contribution in [3.63, 3.8) is 0 Å². The molecule has 1 aromatic carbocycles. The van der Waals surface area contributed by atoms with Gasteiger partial charge in [0, 0.05) is 18.5 Å². The molecular formula is C17H23F2N3O3. The lowest BCUT2D eigenvalue weighted by Gasteiger charge is -2.37. The Hall–Kier alpha value is -1.77. The molecule has 25 heavy (non-hydrogen) atoms. The zero-order valence-corrected chi connectivity index (χ0v) is 14.4.